The van der Waals surface area contributed by atoms with Crippen molar-refractivity contribution < 1.29 is 9.59 Å². The zero-order valence-electron chi connectivity index (χ0n) is 16.2. The van der Waals surface area contributed by atoms with E-state index >= 15 is 0 Å². The Morgan fingerprint density at radius 3 is 2.48 bits per heavy atom. The van der Waals surface area contributed by atoms with Crippen molar-refractivity contribution in [2.45, 2.75) is 31.6 Å². The van der Waals surface area contributed by atoms with Crippen molar-refractivity contribution >= 4 is 34.6 Å². The maximum absolute atomic E-state index is 13.0. The first-order chi connectivity index (χ1) is 13.9. The minimum atomic E-state index is -0.543. The molecule has 3 aromatic rings. The zero-order valence-corrected chi connectivity index (χ0v) is 17.0. The average Bonchev–Trinajstić information content (AvgIpc) is 2.69. The molecule has 150 valence electrons. The van der Waals surface area contributed by atoms with Gasteiger partial charge in [0, 0.05) is 6.04 Å². The van der Waals surface area contributed by atoms with Crippen molar-refractivity contribution in [3.8, 4) is 0 Å². The molecule has 3 amide bonds. The van der Waals surface area contributed by atoms with Gasteiger partial charge in [-0.3, -0.25) is 19.5 Å². The van der Waals surface area contributed by atoms with Gasteiger partial charge in [0.05, 0.1) is 23.2 Å². The molecule has 0 unspecified atom stereocenters. The summed E-state index contributed by atoms with van der Waals surface area (Å²) in [7, 11) is 0. The van der Waals surface area contributed by atoms with E-state index in [4.69, 9.17) is 0 Å². The van der Waals surface area contributed by atoms with Crippen LogP contribution in [0.25, 0.3) is 10.9 Å². The van der Waals surface area contributed by atoms with E-state index in [9.17, 15) is 14.4 Å². The second kappa shape index (κ2) is 9.38. The molecule has 2 N–H and O–H groups in total. The summed E-state index contributed by atoms with van der Waals surface area (Å²) in [6.07, 6.45) is 0. The Kier molecular flexibility index (Phi) is 6.66. The highest BCUT2D eigenvalue weighted by Crippen LogP contribution is 2.18. The lowest BCUT2D eigenvalue weighted by Crippen LogP contribution is -2.43. The van der Waals surface area contributed by atoms with Gasteiger partial charge in [0.25, 0.3) is 5.56 Å². The van der Waals surface area contributed by atoms with E-state index in [1.165, 1.54) is 0 Å². The van der Waals surface area contributed by atoms with Gasteiger partial charge in [-0.2, -0.15) is 0 Å². The second-order valence-corrected chi connectivity index (χ2v) is 7.70. The van der Waals surface area contributed by atoms with Gasteiger partial charge in [-0.05, 0) is 31.5 Å². The number of carbonyl (C=O) groups excluding carboxylic acids is 2. The normalized spacial score (nSPS) is 10.9. The van der Waals surface area contributed by atoms with Crippen LogP contribution in [0.3, 0.4) is 0 Å². The first kappa shape index (κ1) is 20.6. The summed E-state index contributed by atoms with van der Waals surface area (Å²) < 4.78 is 1.56. The molecule has 29 heavy (non-hydrogen) atoms. The van der Waals surface area contributed by atoms with Crippen molar-refractivity contribution in [2.24, 2.45) is 0 Å². The molecule has 0 aliphatic carbocycles. The van der Waals surface area contributed by atoms with Gasteiger partial charge in [0.2, 0.25) is 5.91 Å². The van der Waals surface area contributed by atoms with E-state index in [1.54, 1.807) is 36.6 Å². The SMILES string of the molecule is CC(C)NC(=O)NC(=O)CSc1nc2ccccc2c(=O)n1Cc1ccccc1. The van der Waals surface area contributed by atoms with Crippen LogP contribution >= 0.6 is 11.8 Å². The molecule has 2 aromatic carbocycles. The van der Waals surface area contributed by atoms with Crippen molar-refractivity contribution in [3.63, 3.8) is 0 Å². The number of urea groups is 1. The van der Waals surface area contributed by atoms with Crippen LogP contribution in [0.4, 0.5) is 4.79 Å². The molecule has 8 heteroatoms. The van der Waals surface area contributed by atoms with E-state index in [-0.39, 0.29) is 17.4 Å². The molecule has 3 rings (SSSR count). The van der Waals surface area contributed by atoms with Crippen LogP contribution in [0.5, 0.6) is 0 Å². The number of nitrogens with zero attached hydrogens (tertiary/aromatic N) is 2. The first-order valence-electron chi connectivity index (χ1n) is 9.20. The molecular weight excluding hydrogens is 388 g/mol. The van der Waals surface area contributed by atoms with E-state index < -0.39 is 11.9 Å². The van der Waals surface area contributed by atoms with Crippen molar-refractivity contribution in [1.82, 2.24) is 20.2 Å². The highest BCUT2D eigenvalue weighted by atomic mass is 32.2. The lowest BCUT2D eigenvalue weighted by Gasteiger charge is -2.13. The van der Waals surface area contributed by atoms with E-state index in [0.717, 1.165) is 17.3 Å². The fourth-order valence-corrected chi connectivity index (χ4v) is 3.55. The fourth-order valence-electron chi connectivity index (χ4n) is 2.75. The van der Waals surface area contributed by atoms with Crippen LogP contribution in [0.2, 0.25) is 0 Å². The summed E-state index contributed by atoms with van der Waals surface area (Å²) in [5.41, 5.74) is 1.36. The summed E-state index contributed by atoms with van der Waals surface area (Å²) in [5, 5.41) is 5.83. The second-order valence-electron chi connectivity index (χ2n) is 6.75. The van der Waals surface area contributed by atoms with Crippen LogP contribution in [0.15, 0.2) is 64.5 Å². The fraction of sp³-hybridized carbons (Fsp3) is 0.238. The zero-order chi connectivity index (χ0) is 20.8. The van der Waals surface area contributed by atoms with Gasteiger partial charge in [-0.25, -0.2) is 9.78 Å². The molecule has 1 aromatic heterocycles. The Labute approximate surface area is 172 Å². The summed E-state index contributed by atoms with van der Waals surface area (Å²) >= 11 is 1.12. The van der Waals surface area contributed by atoms with Crippen LogP contribution < -0.4 is 16.2 Å². The number of fused-ring (bicyclic) bond motifs is 1. The maximum atomic E-state index is 13.0. The van der Waals surface area contributed by atoms with Gasteiger partial charge in [-0.1, -0.05) is 54.2 Å². The lowest BCUT2D eigenvalue weighted by molar-refractivity contribution is -0.117. The van der Waals surface area contributed by atoms with E-state index in [0.29, 0.717) is 22.6 Å². The molecular formula is C21H22N4O3S. The van der Waals surface area contributed by atoms with E-state index in [2.05, 4.69) is 15.6 Å². The number of amides is 3. The number of benzene rings is 2. The molecule has 0 fully saturated rings. The number of carbonyl (C=O) groups is 2. The Balaban J connectivity index is 1.85. The van der Waals surface area contributed by atoms with Gasteiger partial charge >= 0.3 is 6.03 Å². The van der Waals surface area contributed by atoms with Crippen LogP contribution in [0.1, 0.15) is 19.4 Å². The highest BCUT2D eigenvalue weighted by molar-refractivity contribution is 7.99. The number of thioether (sulfide) groups is 1. The molecule has 0 aliphatic heterocycles. The van der Waals surface area contributed by atoms with E-state index in [1.807, 2.05) is 36.4 Å². The molecule has 0 saturated heterocycles. The quantitative estimate of drug-likeness (QED) is 0.481. The van der Waals surface area contributed by atoms with Crippen molar-refractivity contribution in [1.29, 1.82) is 0 Å². The van der Waals surface area contributed by atoms with Gasteiger partial charge in [0.1, 0.15) is 0 Å². The Morgan fingerprint density at radius 2 is 1.76 bits per heavy atom. The van der Waals surface area contributed by atoms with Crippen molar-refractivity contribution in [3.05, 3.63) is 70.5 Å². The molecule has 0 bridgehead atoms. The number of nitrogens with one attached hydrogen (secondary N) is 2. The number of rotatable bonds is 6. The third-order valence-electron chi connectivity index (χ3n) is 4.02. The van der Waals surface area contributed by atoms with Gasteiger partial charge < -0.3 is 5.32 Å². The van der Waals surface area contributed by atoms with Crippen molar-refractivity contribution in [2.75, 3.05) is 5.75 Å². The predicted octanol–water partition coefficient (Wildman–Crippen LogP) is 2.77. The predicted molar refractivity (Wildman–Crippen MR) is 114 cm³/mol. The Bertz CT molecular complexity index is 1080. The molecule has 0 atom stereocenters. The largest absolute Gasteiger partial charge is 0.336 e. The summed E-state index contributed by atoms with van der Waals surface area (Å²) in [4.78, 5) is 41.4. The molecule has 7 nitrogen and oxygen atoms in total. The number of hydrogen-bond acceptors (Lipinski definition) is 5. The lowest BCUT2D eigenvalue weighted by atomic mass is 10.2. The summed E-state index contributed by atoms with van der Waals surface area (Å²) in [6, 6.07) is 16.1. The highest BCUT2D eigenvalue weighted by Gasteiger charge is 2.15. The maximum Gasteiger partial charge on any atom is 0.321 e. The summed E-state index contributed by atoms with van der Waals surface area (Å²) in [5.74, 6) is -0.493. The topological polar surface area (TPSA) is 93.1 Å². The smallest absolute Gasteiger partial charge is 0.321 e. The minimum Gasteiger partial charge on any atom is -0.336 e. The Morgan fingerprint density at radius 1 is 1.07 bits per heavy atom. The number of aromatic nitrogens is 2. The first-order valence-corrected chi connectivity index (χ1v) is 10.2. The number of hydrogen-bond donors (Lipinski definition) is 2. The molecule has 0 aliphatic rings. The standard InChI is InChI=1S/C21H22N4O3S/c1-14(2)22-20(28)24-18(26)13-29-21-23-17-11-7-6-10-16(17)19(27)25(21)12-15-8-4-3-5-9-15/h3-11,14H,12-13H2,1-2H3,(H2,22,24,26,28). The number of imide groups is 1. The van der Waals surface area contributed by atoms with Crippen LogP contribution in [-0.4, -0.2) is 33.3 Å². The third kappa shape index (κ3) is 5.45. The van der Waals surface area contributed by atoms with Crippen LogP contribution in [0, 0.1) is 0 Å². The average molecular weight is 410 g/mol. The summed E-state index contributed by atoms with van der Waals surface area (Å²) in [6.45, 7) is 3.95. The molecule has 0 radical (unpaired) electrons. The Hall–Kier alpha value is -3.13. The monoisotopic (exact) mass is 410 g/mol. The molecule has 1 heterocycles. The molecule has 0 spiro atoms. The minimum absolute atomic E-state index is 0.0366. The third-order valence-corrected chi connectivity index (χ3v) is 4.99. The van der Waals surface area contributed by atoms with Gasteiger partial charge in [0.15, 0.2) is 5.16 Å². The molecule has 0 saturated carbocycles. The van der Waals surface area contributed by atoms with Crippen LogP contribution in [-0.2, 0) is 11.3 Å². The number of para-hydroxylation sites is 1. The van der Waals surface area contributed by atoms with Gasteiger partial charge in [-0.15, -0.1) is 0 Å².